The van der Waals surface area contributed by atoms with Gasteiger partial charge in [0, 0.05) is 26.2 Å². The third-order valence-electron chi connectivity index (χ3n) is 3.29. The van der Waals surface area contributed by atoms with Crippen LogP contribution in [0.4, 0.5) is 0 Å². The van der Waals surface area contributed by atoms with Gasteiger partial charge < -0.3 is 9.84 Å². The van der Waals surface area contributed by atoms with E-state index in [1.165, 1.54) is 5.56 Å². The SMILES string of the molecule is CCC(c1ccc(O)cc1)N(CCOC)CC(C)C. The van der Waals surface area contributed by atoms with E-state index in [0.717, 1.165) is 26.1 Å². The summed E-state index contributed by atoms with van der Waals surface area (Å²) in [5, 5.41) is 9.40. The fourth-order valence-electron chi connectivity index (χ4n) is 2.45. The number of aromatic hydroxyl groups is 1. The Morgan fingerprint density at radius 2 is 1.84 bits per heavy atom. The highest BCUT2D eigenvalue weighted by Gasteiger charge is 2.19. The van der Waals surface area contributed by atoms with Crippen molar-refractivity contribution in [1.29, 1.82) is 0 Å². The Morgan fingerprint density at radius 1 is 1.21 bits per heavy atom. The second kappa shape index (κ2) is 8.18. The second-order valence-corrected chi connectivity index (χ2v) is 5.40. The predicted octanol–water partition coefficient (Wildman–Crippen LogP) is 3.45. The first-order valence-electron chi connectivity index (χ1n) is 7.10. The predicted molar refractivity (Wildman–Crippen MR) is 79.4 cm³/mol. The van der Waals surface area contributed by atoms with Crippen molar-refractivity contribution in [2.45, 2.75) is 33.2 Å². The summed E-state index contributed by atoms with van der Waals surface area (Å²) in [6, 6.07) is 7.95. The molecule has 1 aromatic carbocycles. The molecule has 0 fully saturated rings. The van der Waals surface area contributed by atoms with E-state index in [0.29, 0.717) is 17.7 Å². The summed E-state index contributed by atoms with van der Waals surface area (Å²) in [6.45, 7) is 9.43. The van der Waals surface area contributed by atoms with E-state index in [2.05, 4.69) is 25.7 Å². The van der Waals surface area contributed by atoms with E-state index in [4.69, 9.17) is 4.74 Å². The number of rotatable bonds is 8. The monoisotopic (exact) mass is 265 g/mol. The third kappa shape index (κ3) is 5.21. The molecule has 3 heteroatoms. The molecule has 0 saturated carbocycles. The van der Waals surface area contributed by atoms with Crippen LogP contribution in [0.25, 0.3) is 0 Å². The van der Waals surface area contributed by atoms with Crippen molar-refractivity contribution in [2.24, 2.45) is 5.92 Å². The van der Waals surface area contributed by atoms with Crippen LogP contribution >= 0.6 is 0 Å². The topological polar surface area (TPSA) is 32.7 Å². The summed E-state index contributed by atoms with van der Waals surface area (Å²) in [7, 11) is 1.75. The number of ether oxygens (including phenoxy) is 1. The minimum absolute atomic E-state index is 0.325. The van der Waals surface area contributed by atoms with Gasteiger partial charge in [0.05, 0.1) is 6.61 Å². The van der Waals surface area contributed by atoms with Gasteiger partial charge in [-0.05, 0) is 30.0 Å². The highest BCUT2D eigenvalue weighted by Crippen LogP contribution is 2.26. The average molecular weight is 265 g/mol. The first kappa shape index (κ1) is 16.0. The van der Waals surface area contributed by atoms with Gasteiger partial charge in [-0.1, -0.05) is 32.9 Å². The Hall–Kier alpha value is -1.06. The molecule has 19 heavy (non-hydrogen) atoms. The number of methoxy groups -OCH3 is 1. The van der Waals surface area contributed by atoms with Gasteiger partial charge in [-0.2, -0.15) is 0 Å². The maximum absolute atomic E-state index is 9.40. The van der Waals surface area contributed by atoms with Crippen LogP contribution in [0, 0.1) is 5.92 Å². The van der Waals surface area contributed by atoms with Crippen molar-refractivity contribution in [1.82, 2.24) is 4.90 Å². The molecule has 0 aliphatic heterocycles. The maximum Gasteiger partial charge on any atom is 0.115 e. The van der Waals surface area contributed by atoms with Crippen molar-refractivity contribution in [3.05, 3.63) is 29.8 Å². The van der Waals surface area contributed by atoms with Crippen molar-refractivity contribution in [3.8, 4) is 5.75 Å². The van der Waals surface area contributed by atoms with E-state index in [9.17, 15) is 5.11 Å². The minimum atomic E-state index is 0.325. The summed E-state index contributed by atoms with van der Waals surface area (Å²) in [4.78, 5) is 2.47. The Bertz CT molecular complexity index is 348. The summed E-state index contributed by atoms with van der Waals surface area (Å²) in [6.07, 6.45) is 1.06. The molecule has 1 aromatic rings. The lowest BCUT2D eigenvalue weighted by atomic mass is 10.0. The highest BCUT2D eigenvalue weighted by molar-refractivity contribution is 5.28. The molecule has 0 spiro atoms. The lowest BCUT2D eigenvalue weighted by Crippen LogP contribution is -2.34. The molecule has 0 radical (unpaired) electrons. The number of hydrogen-bond donors (Lipinski definition) is 1. The Morgan fingerprint density at radius 3 is 2.32 bits per heavy atom. The number of phenolic OH excluding ortho intramolecular Hbond substituents is 1. The molecule has 1 N–H and O–H groups in total. The first-order chi connectivity index (χ1) is 9.08. The van der Waals surface area contributed by atoms with Gasteiger partial charge in [0.25, 0.3) is 0 Å². The quantitative estimate of drug-likeness (QED) is 0.781. The zero-order valence-corrected chi connectivity index (χ0v) is 12.6. The van der Waals surface area contributed by atoms with E-state index in [1.807, 2.05) is 12.1 Å². The lowest BCUT2D eigenvalue weighted by Gasteiger charge is -2.32. The average Bonchev–Trinajstić information content (AvgIpc) is 2.38. The molecule has 0 aromatic heterocycles. The largest absolute Gasteiger partial charge is 0.508 e. The zero-order chi connectivity index (χ0) is 14.3. The van der Waals surface area contributed by atoms with Crippen LogP contribution in [0.15, 0.2) is 24.3 Å². The molecule has 1 atom stereocenters. The van der Waals surface area contributed by atoms with Crippen LogP contribution < -0.4 is 0 Å². The summed E-state index contributed by atoms with van der Waals surface area (Å²) in [5.41, 5.74) is 1.26. The van der Waals surface area contributed by atoms with E-state index >= 15 is 0 Å². The number of phenols is 1. The molecule has 108 valence electrons. The normalized spacial score (nSPS) is 13.2. The molecule has 0 bridgehead atoms. The number of hydrogen-bond acceptors (Lipinski definition) is 3. The summed E-state index contributed by atoms with van der Waals surface area (Å²) < 4.78 is 5.22. The molecular formula is C16H27NO2. The van der Waals surface area contributed by atoms with Crippen molar-refractivity contribution >= 4 is 0 Å². The maximum atomic E-state index is 9.40. The Kier molecular flexibility index (Phi) is 6.89. The molecule has 1 unspecified atom stereocenters. The van der Waals surface area contributed by atoms with Crippen molar-refractivity contribution in [3.63, 3.8) is 0 Å². The molecule has 1 rings (SSSR count). The summed E-state index contributed by atoms with van der Waals surface area (Å²) in [5.74, 6) is 0.953. The van der Waals surface area contributed by atoms with Crippen molar-refractivity contribution in [2.75, 3.05) is 26.8 Å². The first-order valence-corrected chi connectivity index (χ1v) is 7.10. The van der Waals surface area contributed by atoms with Crippen LogP contribution in [-0.4, -0.2) is 36.8 Å². The van der Waals surface area contributed by atoms with Gasteiger partial charge in [0.15, 0.2) is 0 Å². The van der Waals surface area contributed by atoms with Crippen LogP contribution in [0.2, 0.25) is 0 Å². The number of nitrogens with zero attached hydrogens (tertiary/aromatic N) is 1. The minimum Gasteiger partial charge on any atom is -0.508 e. The fourth-order valence-corrected chi connectivity index (χ4v) is 2.45. The van der Waals surface area contributed by atoms with Gasteiger partial charge >= 0.3 is 0 Å². The smallest absolute Gasteiger partial charge is 0.115 e. The van der Waals surface area contributed by atoms with Crippen molar-refractivity contribution < 1.29 is 9.84 Å². The van der Waals surface area contributed by atoms with Gasteiger partial charge in [-0.25, -0.2) is 0 Å². The van der Waals surface area contributed by atoms with E-state index in [1.54, 1.807) is 19.2 Å². The Balaban J connectivity index is 2.84. The highest BCUT2D eigenvalue weighted by atomic mass is 16.5. The van der Waals surface area contributed by atoms with Gasteiger partial charge in [-0.3, -0.25) is 4.90 Å². The lowest BCUT2D eigenvalue weighted by molar-refractivity contribution is 0.107. The molecular weight excluding hydrogens is 238 g/mol. The third-order valence-corrected chi connectivity index (χ3v) is 3.29. The number of benzene rings is 1. The van der Waals surface area contributed by atoms with Gasteiger partial charge in [0.2, 0.25) is 0 Å². The molecule has 0 saturated heterocycles. The van der Waals surface area contributed by atoms with Crippen LogP contribution in [-0.2, 0) is 4.74 Å². The fraction of sp³-hybridized carbons (Fsp3) is 0.625. The van der Waals surface area contributed by atoms with Gasteiger partial charge in [0.1, 0.15) is 5.75 Å². The molecule has 0 heterocycles. The van der Waals surface area contributed by atoms with Crippen LogP contribution in [0.5, 0.6) is 5.75 Å². The van der Waals surface area contributed by atoms with Crippen LogP contribution in [0.1, 0.15) is 38.8 Å². The Labute approximate surface area is 117 Å². The summed E-state index contributed by atoms with van der Waals surface area (Å²) >= 11 is 0. The molecule has 3 nitrogen and oxygen atoms in total. The second-order valence-electron chi connectivity index (χ2n) is 5.40. The zero-order valence-electron chi connectivity index (χ0n) is 12.6. The van der Waals surface area contributed by atoms with E-state index < -0.39 is 0 Å². The van der Waals surface area contributed by atoms with E-state index in [-0.39, 0.29) is 0 Å². The molecule has 0 aliphatic carbocycles. The molecule has 0 amide bonds. The molecule has 0 aliphatic rings. The standard InChI is InChI=1S/C16H27NO2/c1-5-16(14-6-8-15(18)9-7-14)17(10-11-19-4)12-13(2)3/h6-9,13,16,18H,5,10-12H2,1-4H3. The van der Waals surface area contributed by atoms with Gasteiger partial charge in [-0.15, -0.1) is 0 Å². The van der Waals surface area contributed by atoms with Crippen LogP contribution in [0.3, 0.4) is 0 Å².